The van der Waals surface area contributed by atoms with Gasteiger partial charge in [-0.15, -0.1) is 5.10 Å². The molecule has 2 heterocycles. The molecule has 6 heteroatoms. The highest BCUT2D eigenvalue weighted by Gasteiger charge is 2.25. The van der Waals surface area contributed by atoms with E-state index < -0.39 is 0 Å². The molecule has 3 aromatic rings. The summed E-state index contributed by atoms with van der Waals surface area (Å²) in [5, 5.41) is 18.8. The maximum atomic E-state index is 9.96. The van der Waals surface area contributed by atoms with Crippen LogP contribution in [0.5, 0.6) is 0 Å². The third-order valence-electron chi connectivity index (χ3n) is 4.43. The molecule has 0 aliphatic heterocycles. The van der Waals surface area contributed by atoms with Crippen LogP contribution in [0.3, 0.4) is 0 Å². The molecule has 0 bridgehead atoms. The number of hydrogen-bond donors (Lipinski definition) is 2. The quantitative estimate of drug-likeness (QED) is 0.775. The molecule has 22 heavy (non-hydrogen) atoms. The Kier molecular flexibility index (Phi) is 3.18. The Morgan fingerprint density at radius 3 is 2.95 bits per heavy atom. The summed E-state index contributed by atoms with van der Waals surface area (Å²) in [5.74, 6) is 1.70. The summed E-state index contributed by atoms with van der Waals surface area (Å²) in [4.78, 5) is 9.19. The molecule has 1 aliphatic rings. The zero-order valence-electron chi connectivity index (χ0n) is 12.5. The average molecular weight is 297 g/mol. The Bertz CT molecular complexity index is 828. The van der Waals surface area contributed by atoms with Gasteiger partial charge in [0.15, 0.2) is 5.65 Å². The molecule has 0 saturated heterocycles. The van der Waals surface area contributed by atoms with Crippen LogP contribution in [0.1, 0.15) is 25.1 Å². The van der Waals surface area contributed by atoms with Crippen LogP contribution < -0.4 is 5.32 Å². The molecule has 0 unspecified atom stereocenters. The Hall–Kier alpha value is -2.21. The molecule has 1 saturated carbocycles. The molecule has 2 atom stereocenters. The lowest BCUT2D eigenvalue weighted by atomic mass is 10.1. The number of nitrogens with zero attached hydrogens (tertiary/aromatic N) is 4. The van der Waals surface area contributed by atoms with Gasteiger partial charge in [-0.3, -0.25) is 0 Å². The Labute approximate surface area is 128 Å². The van der Waals surface area contributed by atoms with Crippen LogP contribution in [-0.4, -0.2) is 37.3 Å². The van der Waals surface area contributed by atoms with E-state index in [9.17, 15) is 5.11 Å². The van der Waals surface area contributed by atoms with Crippen LogP contribution in [-0.2, 0) is 0 Å². The van der Waals surface area contributed by atoms with E-state index in [1.165, 1.54) is 0 Å². The molecule has 1 aromatic carbocycles. The topological polar surface area (TPSA) is 75.3 Å². The summed E-state index contributed by atoms with van der Waals surface area (Å²) in [5.41, 5.74) is 1.72. The summed E-state index contributed by atoms with van der Waals surface area (Å²) in [6.07, 6.45) is 2.84. The van der Waals surface area contributed by atoms with Crippen LogP contribution in [0.15, 0.2) is 24.3 Å². The number of anilines is 1. The second-order valence-corrected chi connectivity index (χ2v) is 5.99. The standard InChI is InChI=1S/C16H19N5O/c1-10-18-15-12-6-2-3-7-13(12)19-16(21(15)20-10)17-9-11-5-4-8-14(11)22/h2-3,6-7,11,14,22H,4-5,8-9H2,1H3,(H,17,19)/t11-,14-/m1/s1. The monoisotopic (exact) mass is 297 g/mol. The van der Waals surface area contributed by atoms with Gasteiger partial charge in [0, 0.05) is 17.8 Å². The highest BCUT2D eigenvalue weighted by molar-refractivity contribution is 5.92. The first-order valence-electron chi connectivity index (χ1n) is 7.76. The van der Waals surface area contributed by atoms with Crippen molar-refractivity contribution < 1.29 is 5.11 Å². The zero-order chi connectivity index (χ0) is 15.1. The van der Waals surface area contributed by atoms with Gasteiger partial charge < -0.3 is 10.4 Å². The van der Waals surface area contributed by atoms with Gasteiger partial charge in [0.25, 0.3) is 0 Å². The van der Waals surface area contributed by atoms with Crippen molar-refractivity contribution in [3.8, 4) is 0 Å². The molecule has 114 valence electrons. The lowest BCUT2D eigenvalue weighted by Gasteiger charge is -2.16. The van der Waals surface area contributed by atoms with E-state index in [0.29, 0.717) is 12.5 Å². The lowest BCUT2D eigenvalue weighted by Crippen LogP contribution is -2.23. The van der Waals surface area contributed by atoms with E-state index in [2.05, 4.69) is 20.4 Å². The Balaban J connectivity index is 1.74. The van der Waals surface area contributed by atoms with Gasteiger partial charge in [-0.1, -0.05) is 18.6 Å². The Morgan fingerprint density at radius 2 is 2.14 bits per heavy atom. The summed E-state index contributed by atoms with van der Waals surface area (Å²) >= 11 is 0. The zero-order valence-corrected chi connectivity index (χ0v) is 12.5. The smallest absolute Gasteiger partial charge is 0.226 e. The molecule has 2 aromatic heterocycles. The van der Waals surface area contributed by atoms with Crippen molar-refractivity contribution in [2.45, 2.75) is 32.3 Å². The predicted octanol–water partition coefficient (Wildman–Crippen LogP) is 2.16. The maximum Gasteiger partial charge on any atom is 0.226 e. The molecular weight excluding hydrogens is 278 g/mol. The first-order valence-corrected chi connectivity index (χ1v) is 7.76. The highest BCUT2D eigenvalue weighted by Crippen LogP contribution is 2.26. The van der Waals surface area contributed by atoms with Crippen molar-refractivity contribution in [1.82, 2.24) is 19.6 Å². The molecule has 0 amide bonds. The van der Waals surface area contributed by atoms with Gasteiger partial charge in [-0.05, 0) is 31.9 Å². The number of aliphatic hydroxyl groups excluding tert-OH is 1. The number of benzene rings is 1. The third kappa shape index (κ3) is 2.20. The predicted molar refractivity (Wildman–Crippen MR) is 84.9 cm³/mol. The molecule has 1 fully saturated rings. The van der Waals surface area contributed by atoms with E-state index in [1.54, 1.807) is 4.52 Å². The fraction of sp³-hybridized carbons (Fsp3) is 0.438. The maximum absolute atomic E-state index is 9.96. The van der Waals surface area contributed by atoms with Crippen LogP contribution in [0.2, 0.25) is 0 Å². The fourth-order valence-corrected chi connectivity index (χ4v) is 3.25. The second-order valence-electron chi connectivity index (χ2n) is 5.99. The molecule has 6 nitrogen and oxygen atoms in total. The largest absolute Gasteiger partial charge is 0.393 e. The van der Waals surface area contributed by atoms with Crippen LogP contribution in [0.4, 0.5) is 5.95 Å². The molecule has 0 spiro atoms. The first-order chi connectivity index (χ1) is 10.7. The third-order valence-corrected chi connectivity index (χ3v) is 4.43. The van der Waals surface area contributed by atoms with Crippen molar-refractivity contribution >= 4 is 22.5 Å². The summed E-state index contributed by atoms with van der Waals surface area (Å²) in [7, 11) is 0. The van der Waals surface area contributed by atoms with Crippen LogP contribution >= 0.6 is 0 Å². The normalized spacial score (nSPS) is 21.7. The molecular formula is C16H19N5O. The molecule has 4 rings (SSSR count). The van der Waals surface area contributed by atoms with Crippen molar-refractivity contribution in [2.75, 3.05) is 11.9 Å². The van der Waals surface area contributed by atoms with Crippen LogP contribution in [0.25, 0.3) is 16.6 Å². The van der Waals surface area contributed by atoms with E-state index in [-0.39, 0.29) is 12.0 Å². The van der Waals surface area contributed by atoms with E-state index in [0.717, 1.165) is 41.6 Å². The van der Waals surface area contributed by atoms with Crippen molar-refractivity contribution in [3.05, 3.63) is 30.1 Å². The fourth-order valence-electron chi connectivity index (χ4n) is 3.25. The van der Waals surface area contributed by atoms with Gasteiger partial charge in [-0.2, -0.15) is 4.52 Å². The minimum atomic E-state index is -0.207. The number of nitrogens with one attached hydrogen (secondary N) is 1. The van der Waals surface area contributed by atoms with Gasteiger partial charge in [0.1, 0.15) is 5.82 Å². The van der Waals surface area contributed by atoms with E-state index in [1.807, 2.05) is 31.2 Å². The van der Waals surface area contributed by atoms with Crippen molar-refractivity contribution in [2.24, 2.45) is 5.92 Å². The summed E-state index contributed by atoms with van der Waals surface area (Å²) < 4.78 is 1.76. The van der Waals surface area contributed by atoms with Crippen molar-refractivity contribution in [3.63, 3.8) is 0 Å². The lowest BCUT2D eigenvalue weighted by molar-refractivity contribution is 0.138. The Morgan fingerprint density at radius 1 is 1.27 bits per heavy atom. The average Bonchev–Trinajstić information content (AvgIpc) is 3.10. The van der Waals surface area contributed by atoms with Gasteiger partial charge in [0.2, 0.25) is 5.95 Å². The van der Waals surface area contributed by atoms with Gasteiger partial charge in [0.05, 0.1) is 11.6 Å². The first kappa shape index (κ1) is 13.5. The number of aromatic nitrogens is 4. The van der Waals surface area contributed by atoms with Crippen molar-refractivity contribution in [1.29, 1.82) is 0 Å². The number of aliphatic hydroxyl groups is 1. The molecule has 1 aliphatic carbocycles. The molecule has 0 radical (unpaired) electrons. The van der Waals surface area contributed by atoms with Crippen LogP contribution in [0, 0.1) is 12.8 Å². The number of aryl methyl sites for hydroxylation is 1. The number of rotatable bonds is 3. The molecule has 2 N–H and O–H groups in total. The van der Waals surface area contributed by atoms with E-state index >= 15 is 0 Å². The number of para-hydroxylation sites is 1. The van der Waals surface area contributed by atoms with Gasteiger partial charge in [-0.25, -0.2) is 9.97 Å². The second kappa shape index (κ2) is 5.21. The summed E-state index contributed by atoms with van der Waals surface area (Å²) in [6.45, 7) is 2.59. The van der Waals surface area contributed by atoms with Gasteiger partial charge >= 0.3 is 0 Å². The number of fused-ring (bicyclic) bond motifs is 3. The number of hydrogen-bond acceptors (Lipinski definition) is 5. The minimum absolute atomic E-state index is 0.207. The summed E-state index contributed by atoms with van der Waals surface area (Å²) in [6, 6.07) is 7.95. The minimum Gasteiger partial charge on any atom is -0.393 e. The SMILES string of the molecule is Cc1nc2c3ccccc3nc(NC[C@H]3CCC[C@H]3O)n2n1. The highest BCUT2D eigenvalue weighted by atomic mass is 16.3. The van der Waals surface area contributed by atoms with E-state index in [4.69, 9.17) is 0 Å².